The topological polar surface area (TPSA) is 63.6 Å². The summed E-state index contributed by atoms with van der Waals surface area (Å²) in [6, 6.07) is 23.8. The van der Waals surface area contributed by atoms with Gasteiger partial charge in [0.25, 0.3) is 0 Å². The number of carbonyl (C=O) groups excluding carboxylic acids is 2. The van der Waals surface area contributed by atoms with Gasteiger partial charge in [-0.05, 0) is 91.6 Å². The average Bonchev–Trinajstić information content (AvgIpc) is 2.94. The Hall–Kier alpha value is -3.76. The quantitative estimate of drug-likeness (QED) is 0.210. The van der Waals surface area contributed by atoms with Gasteiger partial charge in [-0.1, -0.05) is 79.2 Å². The molecule has 3 aromatic carbocycles. The van der Waals surface area contributed by atoms with E-state index in [4.69, 9.17) is 4.74 Å². The molecule has 3 unspecified atom stereocenters. The summed E-state index contributed by atoms with van der Waals surface area (Å²) >= 11 is 0. The number of aryl methyl sites for hydroxylation is 1. The molecule has 0 radical (unpaired) electrons. The van der Waals surface area contributed by atoms with Crippen LogP contribution in [0.4, 0.5) is 0 Å². The molecular formula is C36H40O4. The maximum atomic E-state index is 13.9. The molecule has 4 rings (SSSR count). The van der Waals surface area contributed by atoms with Crippen LogP contribution in [0.25, 0.3) is 5.57 Å². The van der Waals surface area contributed by atoms with Crippen molar-refractivity contribution in [1.82, 2.24) is 0 Å². The molecule has 0 aliphatic heterocycles. The molecule has 0 amide bonds. The van der Waals surface area contributed by atoms with E-state index in [-0.39, 0.29) is 47.1 Å². The van der Waals surface area contributed by atoms with E-state index >= 15 is 0 Å². The number of allylic oxidation sites excluding steroid dienone is 4. The lowest BCUT2D eigenvalue weighted by molar-refractivity contribution is -0.137. The molecule has 0 bridgehead atoms. The van der Waals surface area contributed by atoms with Gasteiger partial charge in [-0.25, -0.2) is 0 Å². The van der Waals surface area contributed by atoms with Crippen molar-refractivity contribution in [3.8, 4) is 5.75 Å². The number of phenolic OH excluding ortho intramolecular Hbond substituents is 1. The number of ether oxygens (including phenoxy) is 1. The van der Waals surface area contributed by atoms with Crippen LogP contribution < -0.4 is 0 Å². The van der Waals surface area contributed by atoms with E-state index in [1.165, 1.54) is 5.56 Å². The van der Waals surface area contributed by atoms with Gasteiger partial charge in [-0.15, -0.1) is 0 Å². The number of ketones is 2. The minimum atomic E-state index is -0.255. The number of aromatic hydroxyl groups is 1. The SMILES string of the molecule is C/C=C(\C=C(/C)C(C)=O)c1ccc(C2C(=O)[C@H](C(C)CC(OC)c3ccc(C)cc3)[C@H]2c2ccc(O)cc2)cc1. The third-order valence-electron chi connectivity index (χ3n) is 8.43. The fraction of sp³-hybridized carbons (Fsp3) is 0.333. The zero-order valence-electron chi connectivity index (χ0n) is 24.3. The predicted molar refractivity (Wildman–Crippen MR) is 161 cm³/mol. The first-order valence-corrected chi connectivity index (χ1v) is 14.0. The number of hydrogen-bond donors (Lipinski definition) is 1. The molecule has 208 valence electrons. The molecule has 3 aromatic rings. The van der Waals surface area contributed by atoms with Crippen molar-refractivity contribution in [3.63, 3.8) is 0 Å². The second-order valence-corrected chi connectivity index (χ2v) is 11.1. The second kappa shape index (κ2) is 12.6. The summed E-state index contributed by atoms with van der Waals surface area (Å²) in [6.45, 7) is 9.57. The highest BCUT2D eigenvalue weighted by Gasteiger charge is 2.53. The Morgan fingerprint density at radius 2 is 1.55 bits per heavy atom. The first kappa shape index (κ1) is 29.2. The van der Waals surface area contributed by atoms with E-state index in [0.29, 0.717) is 5.57 Å². The van der Waals surface area contributed by atoms with E-state index in [0.717, 1.165) is 34.2 Å². The van der Waals surface area contributed by atoms with Crippen LogP contribution in [-0.2, 0) is 14.3 Å². The summed E-state index contributed by atoms with van der Waals surface area (Å²) in [4.78, 5) is 25.6. The fourth-order valence-electron chi connectivity index (χ4n) is 5.94. The highest BCUT2D eigenvalue weighted by molar-refractivity contribution is 5.97. The number of carbonyl (C=O) groups is 2. The van der Waals surface area contributed by atoms with E-state index in [1.54, 1.807) is 26.2 Å². The van der Waals surface area contributed by atoms with Gasteiger partial charge in [0.05, 0.1) is 12.0 Å². The van der Waals surface area contributed by atoms with Gasteiger partial charge in [0.1, 0.15) is 11.5 Å². The normalized spacial score (nSPS) is 21.1. The lowest BCUT2D eigenvalue weighted by Crippen LogP contribution is -2.47. The van der Waals surface area contributed by atoms with Gasteiger partial charge in [0.2, 0.25) is 0 Å². The van der Waals surface area contributed by atoms with Crippen molar-refractivity contribution in [1.29, 1.82) is 0 Å². The molecule has 1 saturated carbocycles. The third kappa shape index (κ3) is 6.18. The Morgan fingerprint density at radius 3 is 2.10 bits per heavy atom. The lowest BCUT2D eigenvalue weighted by atomic mass is 9.54. The number of phenols is 1. The molecule has 1 aliphatic carbocycles. The van der Waals surface area contributed by atoms with Crippen LogP contribution in [0, 0.1) is 18.8 Å². The summed E-state index contributed by atoms with van der Waals surface area (Å²) in [5.74, 6) is 0.209. The number of methoxy groups -OCH3 is 1. The van der Waals surface area contributed by atoms with Crippen molar-refractivity contribution < 1.29 is 19.4 Å². The molecule has 0 aromatic heterocycles. The van der Waals surface area contributed by atoms with Gasteiger partial charge < -0.3 is 9.84 Å². The molecule has 0 saturated heterocycles. The Morgan fingerprint density at radius 1 is 0.950 bits per heavy atom. The summed E-state index contributed by atoms with van der Waals surface area (Å²) in [6.07, 6.45) is 4.55. The molecule has 1 N–H and O–H groups in total. The number of benzene rings is 3. The summed E-state index contributed by atoms with van der Waals surface area (Å²) < 4.78 is 5.88. The molecule has 0 heterocycles. The Balaban J connectivity index is 1.62. The molecule has 4 nitrogen and oxygen atoms in total. The van der Waals surface area contributed by atoms with E-state index in [1.807, 2.05) is 62.4 Å². The van der Waals surface area contributed by atoms with E-state index in [9.17, 15) is 14.7 Å². The minimum absolute atomic E-state index is 0.00511. The summed E-state index contributed by atoms with van der Waals surface area (Å²) in [5, 5.41) is 9.92. The number of Topliss-reactive ketones (excluding diaryl/α,β-unsaturated/α-hetero) is 2. The van der Waals surface area contributed by atoms with Gasteiger partial charge in [-0.3, -0.25) is 9.59 Å². The van der Waals surface area contributed by atoms with Crippen molar-refractivity contribution in [2.24, 2.45) is 11.8 Å². The third-order valence-corrected chi connectivity index (χ3v) is 8.43. The zero-order chi connectivity index (χ0) is 29.0. The lowest BCUT2D eigenvalue weighted by Gasteiger charge is -2.47. The maximum Gasteiger partial charge on any atom is 0.155 e. The van der Waals surface area contributed by atoms with Crippen LogP contribution in [-0.4, -0.2) is 23.8 Å². The van der Waals surface area contributed by atoms with E-state index in [2.05, 4.69) is 38.1 Å². The van der Waals surface area contributed by atoms with Crippen LogP contribution >= 0.6 is 0 Å². The Kier molecular flexibility index (Phi) is 9.21. The summed E-state index contributed by atoms with van der Waals surface area (Å²) in [7, 11) is 1.73. The van der Waals surface area contributed by atoms with Crippen molar-refractivity contribution >= 4 is 17.1 Å². The van der Waals surface area contributed by atoms with Crippen LogP contribution in [0.15, 0.2) is 90.5 Å². The minimum Gasteiger partial charge on any atom is -0.508 e. The zero-order valence-corrected chi connectivity index (χ0v) is 24.3. The molecular weight excluding hydrogens is 496 g/mol. The van der Waals surface area contributed by atoms with Gasteiger partial charge in [0.15, 0.2) is 5.78 Å². The Labute approximate surface area is 238 Å². The number of rotatable bonds is 10. The maximum absolute atomic E-state index is 13.9. The fourth-order valence-corrected chi connectivity index (χ4v) is 5.94. The average molecular weight is 537 g/mol. The summed E-state index contributed by atoms with van der Waals surface area (Å²) in [5.41, 5.74) is 7.05. The molecule has 5 atom stereocenters. The predicted octanol–water partition coefficient (Wildman–Crippen LogP) is 8.12. The number of hydrogen-bond acceptors (Lipinski definition) is 4. The van der Waals surface area contributed by atoms with Crippen molar-refractivity contribution in [2.45, 2.75) is 59.0 Å². The second-order valence-electron chi connectivity index (χ2n) is 11.1. The molecule has 40 heavy (non-hydrogen) atoms. The van der Waals surface area contributed by atoms with Gasteiger partial charge >= 0.3 is 0 Å². The standard InChI is InChI=1S/C36H40O4/c1-7-26(20-23(3)25(5)37)27-12-14-30(15-13-27)35-34(29-16-18-31(38)19-17-29)33(36(35)39)24(4)21-32(40-6)28-10-8-22(2)9-11-28/h7-20,24,32-35,38H,21H2,1-6H3/b23-20+,26-7+/t24?,32?,33-,34-,35?/m1/s1. The monoisotopic (exact) mass is 536 g/mol. The Bertz CT molecular complexity index is 1390. The molecule has 1 fully saturated rings. The molecule has 0 spiro atoms. The smallest absolute Gasteiger partial charge is 0.155 e. The first-order chi connectivity index (χ1) is 19.1. The van der Waals surface area contributed by atoms with Gasteiger partial charge in [0, 0.05) is 18.9 Å². The van der Waals surface area contributed by atoms with Gasteiger partial charge in [-0.2, -0.15) is 0 Å². The first-order valence-electron chi connectivity index (χ1n) is 14.0. The van der Waals surface area contributed by atoms with E-state index < -0.39 is 0 Å². The van der Waals surface area contributed by atoms with Crippen LogP contribution in [0.1, 0.15) is 79.9 Å². The van der Waals surface area contributed by atoms with Crippen LogP contribution in [0.5, 0.6) is 5.75 Å². The molecule has 4 heteroatoms. The van der Waals surface area contributed by atoms with Crippen LogP contribution in [0.2, 0.25) is 0 Å². The highest BCUT2D eigenvalue weighted by atomic mass is 16.5. The van der Waals surface area contributed by atoms with Crippen LogP contribution in [0.3, 0.4) is 0 Å². The van der Waals surface area contributed by atoms with Crippen molar-refractivity contribution in [3.05, 3.63) is 118 Å². The largest absolute Gasteiger partial charge is 0.508 e. The molecule has 1 aliphatic rings. The van der Waals surface area contributed by atoms with Crippen molar-refractivity contribution in [2.75, 3.05) is 7.11 Å². The highest BCUT2D eigenvalue weighted by Crippen LogP contribution is 2.55.